The summed E-state index contributed by atoms with van der Waals surface area (Å²) < 4.78 is 5.35. The Morgan fingerprint density at radius 1 is 0.885 bits per heavy atom. The topological polar surface area (TPSA) is 53.1 Å². The van der Waals surface area contributed by atoms with Gasteiger partial charge < -0.3 is 19.4 Å². The summed E-state index contributed by atoms with van der Waals surface area (Å²) in [6.45, 7) is 1.92. The van der Waals surface area contributed by atoms with E-state index in [1.165, 1.54) is 0 Å². The van der Waals surface area contributed by atoms with Crippen molar-refractivity contribution in [2.45, 2.75) is 0 Å². The van der Waals surface area contributed by atoms with Crippen LogP contribution in [0.1, 0.15) is 10.4 Å². The van der Waals surface area contributed by atoms with E-state index in [-0.39, 0.29) is 12.0 Å². The van der Waals surface area contributed by atoms with Gasteiger partial charge >= 0.3 is 6.09 Å². The van der Waals surface area contributed by atoms with Gasteiger partial charge in [0.05, 0.1) is 0 Å². The molecule has 1 aliphatic rings. The molecule has 6 heteroatoms. The number of rotatable bonds is 3. The van der Waals surface area contributed by atoms with E-state index in [4.69, 9.17) is 4.74 Å². The van der Waals surface area contributed by atoms with E-state index in [1.807, 2.05) is 61.5 Å². The molecule has 0 bridgehead atoms. The van der Waals surface area contributed by atoms with Crippen LogP contribution in [0.2, 0.25) is 0 Å². The maximum atomic E-state index is 12.7. The first-order valence-electron chi connectivity index (χ1n) is 8.63. The standard InChI is InChI=1S/C20H23N3O3/c1-21(2)17-8-6-7-16(15-17)19(24)22-11-13-23(14-12-22)20(25)26-18-9-4-3-5-10-18/h3-10,15H,11-14H2,1-2H3. The first-order valence-corrected chi connectivity index (χ1v) is 8.63. The van der Waals surface area contributed by atoms with E-state index >= 15 is 0 Å². The lowest BCUT2D eigenvalue weighted by Gasteiger charge is -2.34. The highest BCUT2D eigenvalue weighted by molar-refractivity contribution is 5.95. The van der Waals surface area contributed by atoms with Gasteiger partial charge in [0.25, 0.3) is 5.91 Å². The molecule has 0 unspecified atom stereocenters. The molecule has 2 amide bonds. The van der Waals surface area contributed by atoms with E-state index in [9.17, 15) is 9.59 Å². The number of carbonyl (C=O) groups excluding carboxylic acids is 2. The highest BCUT2D eigenvalue weighted by atomic mass is 16.6. The molecule has 0 atom stereocenters. The number of hydrogen-bond donors (Lipinski definition) is 0. The van der Waals surface area contributed by atoms with E-state index in [0.29, 0.717) is 37.5 Å². The normalized spacial score (nSPS) is 14.1. The van der Waals surface area contributed by atoms with Crippen LogP contribution < -0.4 is 9.64 Å². The van der Waals surface area contributed by atoms with E-state index in [0.717, 1.165) is 5.69 Å². The molecule has 0 aliphatic carbocycles. The lowest BCUT2D eigenvalue weighted by molar-refractivity contribution is 0.0633. The average molecular weight is 353 g/mol. The molecule has 1 fully saturated rings. The fourth-order valence-electron chi connectivity index (χ4n) is 2.85. The van der Waals surface area contributed by atoms with Gasteiger partial charge in [0, 0.05) is 51.5 Å². The molecule has 26 heavy (non-hydrogen) atoms. The van der Waals surface area contributed by atoms with Crippen LogP contribution in [-0.4, -0.2) is 62.1 Å². The Kier molecular flexibility index (Phi) is 5.41. The number of ether oxygens (including phenoxy) is 1. The Balaban J connectivity index is 1.57. The summed E-state index contributed by atoms with van der Waals surface area (Å²) in [5.41, 5.74) is 1.65. The number of amides is 2. The van der Waals surface area contributed by atoms with Crippen LogP contribution in [0.25, 0.3) is 0 Å². The average Bonchev–Trinajstić information content (AvgIpc) is 2.68. The van der Waals surface area contributed by atoms with Gasteiger partial charge in [-0.15, -0.1) is 0 Å². The first-order chi connectivity index (χ1) is 12.5. The maximum Gasteiger partial charge on any atom is 0.415 e. The zero-order chi connectivity index (χ0) is 18.5. The van der Waals surface area contributed by atoms with Crippen molar-refractivity contribution in [2.75, 3.05) is 45.2 Å². The second-order valence-corrected chi connectivity index (χ2v) is 6.41. The van der Waals surface area contributed by atoms with Crippen LogP contribution in [0.5, 0.6) is 5.75 Å². The van der Waals surface area contributed by atoms with Gasteiger partial charge in [0.1, 0.15) is 5.75 Å². The Morgan fingerprint density at radius 3 is 2.19 bits per heavy atom. The van der Waals surface area contributed by atoms with Crippen molar-refractivity contribution in [3.63, 3.8) is 0 Å². The SMILES string of the molecule is CN(C)c1cccc(C(=O)N2CCN(C(=O)Oc3ccccc3)CC2)c1. The molecule has 2 aromatic rings. The summed E-state index contributed by atoms with van der Waals surface area (Å²) in [6.07, 6.45) is -0.377. The van der Waals surface area contributed by atoms with Gasteiger partial charge in [-0.3, -0.25) is 4.79 Å². The zero-order valence-corrected chi connectivity index (χ0v) is 15.1. The molecule has 1 aliphatic heterocycles. The number of para-hydroxylation sites is 1. The zero-order valence-electron chi connectivity index (χ0n) is 15.1. The molecular weight excluding hydrogens is 330 g/mol. The predicted octanol–water partition coefficient (Wildman–Crippen LogP) is 2.71. The molecule has 2 aromatic carbocycles. The molecule has 1 heterocycles. The molecule has 1 saturated heterocycles. The number of anilines is 1. The summed E-state index contributed by atoms with van der Waals surface area (Å²) in [5.74, 6) is 0.515. The van der Waals surface area contributed by atoms with Crippen molar-refractivity contribution < 1.29 is 14.3 Å². The lowest BCUT2D eigenvalue weighted by Crippen LogP contribution is -2.51. The Morgan fingerprint density at radius 2 is 1.54 bits per heavy atom. The van der Waals surface area contributed by atoms with Crippen molar-refractivity contribution >= 4 is 17.7 Å². The molecule has 0 spiro atoms. The van der Waals surface area contributed by atoms with Crippen molar-refractivity contribution in [1.82, 2.24) is 9.80 Å². The first kappa shape index (κ1) is 17.8. The third-order valence-corrected chi connectivity index (χ3v) is 4.38. The highest BCUT2D eigenvalue weighted by Crippen LogP contribution is 2.17. The molecule has 0 saturated carbocycles. The quantitative estimate of drug-likeness (QED) is 0.851. The van der Waals surface area contributed by atoms with Crippen molar-refractivity contribution in [1.29, 1.82) is 0 Å². The third kappa shape index (κ3) is 4.14. The van der Waals surface area contributed by atoms with Gasteiger partial charge in [-0.2, -0.15) is 0 Å². The van der Waals surface area contributed by atoms with Crippen molar-refractivity contribution in [2.24, 2.45) is 0 Å². The molecule has 6 nitrogen and oxygen atoms in total. The molecule has 0 N–H and O–H groups in total. The van der Waals surface area contributed by atoms with Gasteiger partial charge in [0.15, 0.2) is 0 Å². The van der Waals surface area contributed by atoms with Crippen molar-refractivity contribution in [3.8, 4) is 5.75 Å². The van der Waals surface area contributed by atoms with Crippen molar-refractivity contribution in [3.05, 3.63) is 60.2 Å². The van der Waals surface area contributed by atoms with Crippen LogP contribution in [-0.2, 0) is 0 Å². The third-order valence-electron chi connectivity index (χ3n) is 4.38. The van der Waals surface area contributed by atoms with Crippen LogP contribution in [0.4, 0.5) is 10.5 Å². The number of nitrogens with zero attached hydrogens (tertiary/aromatic N) is 3. The van der Waals surface area contributed by atoms with Crippen LogP contribution >= 0.6 is 0 Å². The molecule has 0 aromatic heterocycles. The fourth-order valence-corrected chi connectivity index (χ4v) is 2.85. The minimum atomic E-state index is -0.377. The van der Waals surface area contributed by atoms with Gasteiger partial charge in [-0.1, -0.05) is 24.3 Å². The monoisotopic (exact) mass is 353 g/mol. The maximum absolute atomic E-state index is 12.7. The summed E-state index contributed by atoms with van der Waals surface area (Å²) >= 11 is 0. The minimum absolute atomic E-state index is 0.00947. The molecule has 3 rings (SSSR count). The second-order valence-electron chi connectivity index (χ2n) is 6.41. The number of piperazine rings is 1. The van der Waals surface area contributed by atoms with E-state index in [1.54, 1.807) is 21.9 Å². The van der Waals surface area contributed by atoms with E-state index in [2.05, 4.69) is 0 Å². The number of hydrogen-bond acceptors (Lipinski definition) is 4. The predicted molar refractivity (Wildman–Crippen MR) is 101 cm³/mol. The number of carbonyl (C=O) groups is 2. The van der Waals surface area contributed by atoms with Gasteiger partial charge in [-0.05, 0) is 30.3 Å². The Labute approximate surface area is 153 Å². The Hall–Kier alpha value is -3.02. The smallest absolute Gasteiger partial charge is 0.410 e. The lowest BCUT2D eigenvalue weighted by atomic mass is 10.1. The largest absolute Gasteiger partial charge is 0.415 e. The second kappa shape index (κ2) is 7.91. The molecule has 136 valence electrons. The number of benzene rings is 2. The molecule has 0 radical (unpaired) electrons. The summed E-state index contributed by atoms with van der Waals surface area (Å²) in [7, 11) is 3.89. The van der Waals surface area contributed by atoms with Gasteiger partial charge in [0.2, 0.25) is 0 Å². The van der Waals surface area contributed by atoms with Crippen LogP contribution in [0, 0.1) is 0 Å². The summed E-state index contributed by atoms with van der Waals surface area (Å²) in [6, 6.07) is 16.6. The highest BCUT2D eigenvalue weighted by Gasteiger charge is 2.26. The summed E-state index contributed by atoms with van der Waals surface area (Å²) in [5, 5.41) is 0. The Bertz CT molecular complexity index is 769. The molecular formula is C20H23N3O3. The fraction of sp³-hybridized carbons (Fsp3) is 0.300. The van der Waals surface area contributed by atoms with Gasteiger partial charge in [-0.25, -0.2) is 4.79 Å². The minimum Gasteiger partial charge on any atom is -0.410 e. The summed E-state index contributed by atoms with van der Waals surface area (Å²) in [4.78, 5) is 30.3. The van der Waals surface area contributed by atoms with E-state index < -0.39 is 0 Å². The van der Waals surface area contributed by atoms with Crippen LogP contribution in [0.15, 0.2) is 54.6 Å². The van der Waals surface area contributed by atoms with Crippen LogP contribution in [0.3, 0.4) is 0 Å².